The van der Waals surface area contributed by atoms with Gasteiger partial charge in [0.05, 0.1) is 6.54 Å². The van der Waals surface area contributed by atoms with E-state index in [9.17, 15) is 0 Å². The molecule has 0 atom stereocenters. The zero-order chi connectivity index (χ0) is 12.1. The van der Waals surface area contributed by atoms with E-state index in [2.05, 4.69) is 12.2 Å². The van der Waals surface area contributed by atoms with Crippen molar-refractivity contribution in [2.24, 2.45) is 0 Å². The molecular weight excluding hydrogens is 234 g/mol. The molecule has 0 unspecified atom stereocenters. The lowest BCUT2D eigenvalue weighted by Crippen LogP contribution is -2.82. The minimum absolute atomic E-state index is 0.734. The molecule has 0 bridgehead atoms. The first-order chi connectivity index (χ1) is 8.29. The molecule has 2 rings (SSSR count). The highest BCUT2D eigenvalue weighted by atomic mass is 35.5. The third-order valence-corrected chi connectivity index (χ3v) is 2.84. The lowest BCUT2D eigenvalue weighted by molar-refractivity contribution is -0.672. The molecule has 1 aromatic heterocycles. The molecule has 2 aromatic rings. The maximum absolute atomic E-state index is 5.96. The fourth-order valence-electron chi connectivity index (χ4n) is 1.73. The van der Waals surface area contributed by atoms with E-state index in [0.717, 1.165) is 35.2 Å². The van der Waals surface area contributed by atoms with Crippen molar-refractivity contribution in [3.05, 3.63) is 47.2 Å². The van der Waals surface area contributed by atoms with E-state index in [1.807, 2.05) is 36.4 Å². The van der Waals surface area contributed by atoms with Gasteiger partial charge in [0, 0.05) is 10.6 Å². The number of nitrogens with two attached hydrogens (primary N) is 1. The standard InChI is InChI=1S/C14H16ClNO/c1-2-8-16-10-13-6-7-14(17-13)11-4-3-5-12(15)9-11/h3-7,9,16H,2,8,10H2,1H3/p+1. The van der Waals surface area contributed by atoms with Crippen molar-refractivity contribution in [1.29, 1.82) is 0 Å². The lowest BCUT2D eigenvalue weighted by Gasteiger charge is -1.98. The van der Waals surface area contributed by atoms with Gasteiger partial charge in [0.2, 0.25) is 0 Å². The number of hydrogen-bond acceptors (Lipinski definition) is 1. The summed E-state index contributed by atoms with van der Waals surface area (Å²) in [7, 11) is 0. The first kappa shape index (κ1) is 12.2. The van der Waals surface area contributed by atoms with Crippen LogP contribution in [0.25, 0.3) is 11.3 Å². The van der Waals surface area contributed by atoms with E-state index in [1.165, 1.54) is 6.42 Å². The van der Waals surface area contributed by atoms with Crippen molar-refractivity contribution < 1.29 is 9.73 Å². The summed E-state index contributed by atoms with van der Waals surface area (Å²) in [5.41, 5.74) is 1.03. The highest BCUT2D eigenvalue weighted by molar-refractivity contribution is 6.30. The molecule has 0 aliphatic heterocycles. The van der Waals surface area contributed by atoms with E-state index in [4.69, 9.17) is 16.0 Å². The second-order valence-electron chi connectivity index (χ2n) is 4.06. The molecule has 0 saturated heterocycles. The van der Waals surface area contributed by atoms with Crippen LogP contribution in [0.5, 0.6) is 0 Å². The Morgan fingerprint density at radius 1 is 1.24 bits per heavy atom. The number of benzene rings is 1. The van der Waals surface area contributed by atoms with E-state index in [1.54, 1.807) is 0 Å². The van der Waals surface area contributed by atoms with Gasteiger partial charge in [-0.25, -0.2) is 0 Å². The van der Waals surface area contributed by atoms with Crippen LogP contribution in [0.1, 0.15) is 19.1 Å². The van der Waals surface area contributed by atoms with Gasteiger partial charge in [-0.3, -0.25) is 0 Å². The molecule has 1 heterocycles. The zero-order valence-electron chi connectivity index (χ0n) is 9.95. The predicted molar refractivity (Wildman–Crippen MR) is 69.9 cm³/mol. The SMILES string of the molecule is CCC[NH2+]Cc1ccc(-c2cccc(Cl)c2)o1. The summed E-state index contributed by atoms with van der Waals surface area (Å²) >= 11 is 5.96. The molecular formula is C14H17ClNO+. The van der Waals surface area contributed by atoms with Crippen molar-refractivity contribution in [3.8, 4) is 11.3 Å². The van der Waals surface area contributed by atoms with Crippen LogP contribution in [-0.2, 0) is 6.54 Å². The van der Waals surface area contributed by atoms with Crippen molar-refractivity contribution in [1.82, 2.24) is 0 Å². The average Bonchev–Trinajstić information content (AvgIpc) is 2.78. The van der Waals surface area contributed by atoms with Crippen molar-refractivity contribution in [2.45, 2.75) is 19.9 Å². The summed E-state index contributed by atoms with van der Waals surface area (Å²) in [6.07, 6.45) is 1.18. The van der Waals surface area contributed by atoms with Gasteiger partial charge in [-0.15, -0.1) is 0 Å². The summed E-state index contributed by atoms with van der Waals surface area (Å²) in [5, 5.41) is 2.98. The summed E-state index contributed by atoms with van der Waals surface area (Å²) in [6, 6.07) is 11.8. The highest BCUT2D eigenvalue weighted by Crippen LogP contribution is 2.24. The van der Waals surface area contributed by atoms with Gasteiger partial charge in [-0.1, -0.05) is 30.7 Å². The van der Waals surface area contributed by atoms with Gasteiger partial charge in [-0.05, 0) is 30.7 Å². The fraction of sp³-hybridized carbons (Fsp3) is 0.286. The Hall–Kier alpha value is -1.25. The molecule has 17 heavy (non-hydrogen) atoms. The minimum atomic E-state index is 0.734. The van der Waals surface area contributed by atoms with Crippen LogP contribution in [0, 0.1) is 0 Å². The van der Waals surface area contributed by atoms with Crippen LogP contribution < -0.4 is 5.32 Å². The molecule has 0 amide bonds. The third-order valence-electron chi connectivity index (χ3n) is 2.61. The number of hydrogen-bond donors (Lipinski definition) is 1. The van der Waals surface area contributed by atoms with E-state index < -0.39 is 0 Å². The molecule has 1 aromatic carbocycles. The maximum atomic E-state index is 5.96. The average molecular weight is 251 g/mol. The van der Waals surface area contributed by atoms with Crippen LogP contribution in [0.15, 0.2) is 40.8 Å². The Bertz CT molecular complexity index is 479. The lowest BCUT2D eigenvalue weighted by atomic mass is 10.2. The van der Waals surface area contributed by atoms with Crippen molar-refractivity contribution in [2.75, 3.05) is 6.54 Å². The third kappa shape index (κ3) is 3.35. The zero-order valence-corrected chi connectivity index (χ0v) is 10.7. The van der Waals surface area contributed by atoms with Gasteiger partial charge in [-0.2, -0.15) is 0 Å². The van der Waals surface area contributed by atoms with E-state index in [-0.39, 0.29) is 0 Å². The van der Waals surface area contributed by atoms with Crippen LogP contribution >= 0.6 is 11.6 Å². The summed E-state index contributed by atoms with van der Waals surface area (Å²) in [4.78, 5) is 0. The molecule has 0 aliphatic rings. The largest absolute Gasteiger partial charge is 0.455 e. The van der Waals surface area contributed by atoms with Crippen LogP contribution in [0.4, 0.5) is 0 Å². The normalized spacial score (nSPS) is 10.7. The number of halogens is 1. The number of quaternary nitrogens is 1. The number of rotatable bonds is 5. The van der Waals surface area contributed by atoms with Gasteiger partial charge >= 0.3 is 0 Å². The highest BCUT2D eigenvalue weighted by Gasteiger charge is 2.05. The second kappa shape index (κ2) is 5.89. The molecule has 2 nitrogen and oxygen atoms in total. The fourth-order valence-corrected chi connectivity index (χ4v) is 1.92. The van der Waals surface area contributed by atoms with Crippen LogP contribution in [-0.4, -0.2) is 6.54 Å². The molecule has 0 saturated carbocycles. The molecule has 3 heteroatoms. The Labute approximate surface area is 107 Å². The first-order valence-electron chi connectivity index (χ1n) is 5.96. The Kier molecular flexibility index (Phi) is 4.24. The van der Waals surface area contributed by atoms with Crippen molar-refractivity contribution >= 4 is 11.6 Å². The predicted octanol–water partition coefficient (Wildman–Crippen LogP) is 3.07. The first-order valence-corrected chi connectivity index (χ1v) is 6.33. The van der Waals surface area contributed by atoms with E-state index in [0.29, 0.717) is 0 Å². The smallest absolute Gasteiger partial charge is 0.158 e. The minimum Gasteiger partial charge on any atom is -0.455 e. The van der Waals surface area contributed by atoms with Crippen LogP contribution in [0.2, 0.25) is 5.02 Å². The van der Waals surface area contributed by atoms with Crippen LogP contribution in [0.3, 0.4) is 0 Å². The Morgan fingerprint density at radius 3 is 2.88 bits per heavy atom. The molecule has 0 aliphatic carbocycles. The van der Waals surface area contributed by atoms with Crippen molar-refractivity contribution in [3.63, 3.8) is 0 Å². The van der Waals surface area contributed by atoms with Gasteiger partial charge in [0.25, 0.3) is 0 Å². The van der Waals surface area contributed by atoms with Gasteiger partial charge in [0.1, 0.15) is 12.3 Å². The molecule has 2 N–H and O–H groups in total. The molecule has 0 spiro atoms. The summed E-state index contributed by atoms with van der Waals surface area (Å²) in [5.74, 6) is 1.89. The molecule has 90 valence electrons. The van der Waals surface area contributed by atoms with Gasteiger partial charge < -0.3 is 9.73 Å². The van der Waals surface area contributed by atoms with E-state index >= 15 is 0 Å². The second-order valence-corrected chi connectivity index (χ2v) is 4.49. The Morgan fingerprint density at radius 2 is 2.12 bits per heavy atom. The van der Waals surface area contributed by atoms with Gasteiger partial charge in [0.15, 0.2) is 5.76 Å². The quantitative estimate of drug-likeness (QED) is 0.812. The topological polar surface area (TPSA) is 29.8 Å². The molecule has 0 radical (unpaired) electrons. The Balaban J connectivity index is 2.07. The number of furan rings is 1. The molecule has 0 fully saturated rings. The summed E-state index contributed by atoms with van der Waals surface area (Å²) < 4.78 is 5.78. The maximum Gasteiger partial charge on any atom is 0.158 e. The monoisotopic (exact) mass is 250 g/mol. The summed E-state index contributed by atoms with van der Waals surface area (Å²) in [6.45, 7) is 4.21.